The number of hydrogen-bond donors (Lipinski definition) is 1. The molecule has 1 N–H and O–H groups in total. The summed E-state index contributed by atoms with van der Waals surface area (Å²) in [4.78, 5) is 16.8. The summed E-state index contributed by atoms with van der Waals surface area (Å²) in [7, 11) is 0. The van der Waals surface area contributed by atoms with Gasteiger partial charge in [0, 0.05) is 38.4 Å². The van der Waals surface area contributed by atoms with Crippen LogP contribution in [-0.4, -0.2) is 89.2 Å². The largest absolute Gasteiger partial charge is 0.377 e. The first-order chi connectivity index (χ1) is 15.3. The molecule has 0 unspecified atom stereocenters. The van der Waals surface area contributed by atoms with Gasteiger partial charge in [-0.2, -0.15) is 0 Å². The second-order valence-electron chi connectivity index (χ2n) is 9.55. The minimum absolute atomic E-state index is 0.0543. The molecule has 2 rings (SSSR count). The quantitative estimate of drug-likeness (QED) is 0.467. The van der Waals surface area contributed by atoms with Crippen LogP contribution in [-0.2, 0) is 24.4 Å². The molecule has 1 saturated heterocycles. The van der Waals surface area contributed by atoms with E-state index in [1.54, 1.807) is 0 Å². The Bertz CT molecular complexity index is 650. The van der Waals surface area contributed by atoms with Crippen molar-refractivity contribution in [2.45, 2.75) is 46.1 Å². The molecule has 0 spiro atoms. The van der Waals surface area contributed by atoms with E-state index in [0.717, 1.165) is 26.2 Å². The minimum Gasteiger partial charge on any atom is -0.377 e. The van der Waals surface area contributed by atoms with Crippen LogP contribution in [0, 0.1) is 0 Å². The first-order valence-electron chi connectivity index (χ1n) is 11.9. The number of hydrogen-bond acceptors (Lipinski definition) is 6. The number of carbonyl (C=O) groups is 1. The molecule has 1 aromatic carbocycles. The average Bonchev–Trinajstić information content (AvgIpc) is 2.75. The lowest BCUT2D eigenvalue weighted by Crippen LogP contribution is -2.49. The highest BCUT2D eigenvalue weighted by atomic mass is 16.5. The van der Waals surface area contributed by atoms with Crippen molar-refractivity contribution >= 4 is 11.6 Å². The molecule has 0 radical (unpaired) electrons. The molecule has 32 heavy (non-hydrogen) atoms. The predicted octanol–water partition coefficient (Wildman–Crippen LogP) is 2.68. The Morgan fingerprint density at radius 3 is 2.12 bits per heavy atom. The lowest BCUT2D eigenvalue weighted by atomic mass is 9.87. The third kappa shape index (κ3) is 10.3. The van der Waals surface area contributed by atoms with E-state index in [1.807, 2.05) is 13.8 Å². The van der Waals surface area contributed by atoms with Crippen LogP contribution in [0.2, 0.25) is 0 Å². The van der Waals surface area contributed by atoms with Crippen LogP contribution in [0.25, 0.3) is 0 Å². The first-order valence-corrected chi connectivity index (χ1v) is 11.9. The van der Waals surface area contributed by atoms with Gasteiger partial charge >= 0.3 is 0 Å². The Morgan fingerprint density at radius 2 is 1.53 bits per heavy atom. The number of piperazine rings is 1. The molecule has 0 aliphatic carbocycles. The fourth-order valence-corrected chi connectivity index (χ4v) is 3.52. The lowest BCUT2D eigenvalue weighted by molar-refractivity contribution is -0.122. The van der Waals surface area contributed by atoms with E-state index in [9.17, 15) is 4.79 Å². The SMILES string of the molecule is CC(C)OCCOCCOCCNC(=O)CN1CCN(c2ccc(C(C)(C)C)cc2)CC1. The lowest BCUT2D eigenvalue weighted by Gasteiger charge is -2.36. The van der Waals surface area contributed by atoms with Gasteiger partial charge in [0.2, 0.25) is 5.91 Å². The van der Waals surface area contributed by atoms with Crippen molar-refractivity contribution in [2.75, 3.05) is 77.2 Å². The Hall–Kier alpha value is -1.67. The van der Waals surface area contributed by atoms with Crippen LogP contribution in [0.3, 0.4) is 0 Å². The van der Waals surface area contributed by atoms with Crippen molar-refractivity contribution in [2.24, 2.45) is 0 Å². The highest BCUT2D eigenvalue weighted by molar-refractivity contribution is 5.78. The number of nitrogens with one attached hydrogen (secondary N) is 1. The zero-order valence-electron chi connectivity index (χ0n) is 20.7. The third-order valence-corrected chi connectivity index (χ3v) is 5.46. The number of amides is 1. The van der Waals surface area contributed by atoms with E-state index in [4.69, 9.17) is 14.2 Å². The smallest absolute Gasteiger partial charge is 0.234 e. The zero-order chi connectivity index (χ0) is 23.4. The molecule has 0 aromatic heterocycles. The highest BCUT2D eigenvalue weighted by Gasteiger charge is 2.20. The Morgan fingerprint density at radius 1 is 0.938 bits per heavy atom. The summed E-state index contributed by atoms with van der Waals surface area (Å²) in [5, 5.41) is 2.94. The van der Waals surface area contributed by atoms with Crippen LogP contribution in [0.5, 0.6) is 0 Å². The molecule has 182 valence electrons. The van der Waals surface area contributed by atoms with Gasteiger partial charge in [-0.3, -0.25) is 9.69 Å². The molecule has 1 amide bonds. The number of carbonyl (C=O) groups excluding carboxylic acids is 1. The van der Waals surface area contributed by atoms with E-state index in [1.165, 1.54) is 11.3 Å². The van der Waals surface area contributed by atoms with Crippen LogP contribution in [0.1, 0.15) is 40.2 Å². The van der Waals surface area contributed by atoms with Crippen LogP contribution in [0.15, 0.2) is 24.3 Å². The summed E-state index contributed by atoms with van der Waals surface area (Å²) in [5.74, 6) is 0.0543. The number of benzene rings is 1. The van der Waals surface area contributed by atoms with Crippen molar-refractivity contribution < 1.29 is 19.0 Å². The molecular formula is C25H43N3O4. The standard InChI is InChI=1S/C25H43N3O4/c1-21(2)32-19-18-31-17-16-30-15-10-26-24(29)20-27-11-13-28(14-12-27)23-8-6-22(7-9-23)25(3,4)5/h6-9,21H,10-20H2,1-5H3,(H,26,29). The second-order valence-corrected chi connectivity index (χ2v) is 9.55. The third-order valence-electron chi connectivity index (χ3n) is 5.46. The van der Waals surface area contributed by atoms with Gasteiger partial charge in [0.1, 0.15) is 0 Å². The molecule has 1 heterocycles. The molecule has 7 nitrogen and oxygen atoms in total. The minimum atomic E-state index is 0.0543. The molecule has 7 heteroatoms. The topological polar surface area (TPSA) is 63.3 Å². The van der Waals surface area contributed by atoms with Gasteiger partial charge in [-0.1, -0.05) is 32.9 Å². The maximum Gasteiger partial charge on any atom is 0.234 e. The summed E-state index contributed by atoms with van der Waals surface area (Å²) in [6.45, 7) is 18.1. The number of ether oxygens (including phenoxy) is 3. The number of rotatable bonds is 13. The Kier molecular flexibility index (Phi) is 11.4. The summed E-state index contributed by atoms with van der Waals surface area (Å²) in [5.41, 5.74) is 2.78. The van der Waals surface area contributed by atoms with Crippen molar-refractivity contribution in [1.82, 2.24) is 10.2 Å². The average molecular weight is 450 g/mol. The van der Waals surface area contributed by atoms with Crippen molar-refractivity contribution in [3.63, 3.8) is 0 Å². The zero-order valence-corrected chi connectivity index (χ0v) is 20.7. The van der Waals surface area contributed by atoms with Gasteiger partial charge in [0.25, 0.3) is 0 Å². The maximum absolute atomic E-state index is 12.2. The Labute approximate surface area is 194 Å². The van der Waals surface area contributed by atoms with Crippen LogP contribution < -0.4 is 10.2 Å². The molecule has 0 saturated carbocycles. The van der Waals surface area contributed by atoms with Crippen molar-refractivity contribution in [3.05, 3.63) is 29.8 Å². The van der Waals surface area contributed by atoms with E-state index in [0.29, 0.717) is 46.1 Å². The van der Waals surface area contributed by atoms with Crippen LogP contribution in [0.4, 0.5) is 5.69 Å². The van der Waals surface area contributed by atoms with Crippen molar-refractivity contribution in [3.8, 4) is 0 Å². The molecule has 1 aliphatic heterocycles. The fraction of sp³-hybridized carbons (Fsp3) is 0.720. The highest BCUT2D eigenvalue weighted by Crippen LogP contribution is 2.25. The summed E-state index contributed by atoms with van der Waals surface area (Å²) in [6.07, 6.45) is 0.230. The van der Waals surface area contributed by atoms with E-state index in [2.05, 4.69) is 60.2 Å². The van der Waals surface area contributed by atoms with Gasteiger partial charge in [-0.15, -0.1) is 0 Å². The van der Waals surface area contributed by atoms with Gasteiger partial charge in [-0.25, -0.2) is 0 Å². The molecular weight excluding hydrogens is 406 g/mol. The summed E-state index contributed by atoms with van der Waals surface area (Å²) in [6, 6.07) is 8.89. The van der Waals surface area contributed by atoms with Gasteiger partial charge in [-0.05, 0) is 37.0 Å². The normalized spacial score (nSPS) is 15.4. The molecule has 0 bridgehead atoms. The number of nitrogens with zero attached hydrogens (tertiary/aromatic N) is 2. The molecule has 0 atom stereocenters. The van der Waals surface area contributed by atoms with E-state index >= 15 is 0 Å². The predicted molar refractivity (Wildman–Crippen MR) is 130 cm³/mol. The molecule has 1 aromatic rings. The number of anilines is 1. The molecule has 1 aliphatic rings. The van der Waals surface area contributed by atoms with Crippen molar-refractivity contribution in [1.29, 1.82) is 0 Å². The second kappa shape index (κ2) is 13.8. The van der Waals surface area contributed by atoms with Crippen LogP contribution >= 0.6 is 0 Å². The van der Waals surface area contributed by atoms with Gasteiger partial charge in [0.05, 0.1) is 45.7 Å². The molecule has 1 fully saturated rings. The Balaban J connectivity index is 1.52. The monoisotopic (exact) mass is 449 g/mol. The fourth-order valence-electron chi connectivity index (χ4n) is 3.52. The van der Waals surface area contributed by atoms with E-state index < -0.39 is 0 Å². The summed E-state index contributed by atoms with van der Waals surface area (Å²) < 4.78 is 16.3. The van der Waals surface area contributed by atoms with Gasteiger partial charge < -0.3 is 24.4 Å². The maximum atomic E-state index is 12.2. The first kappa shape index (κ1) is 26.6. The summed E-state index contributed by atoms with van der Waals surface area (Å²) >= 11 is 0. The van der Waals surface area contributed by atoms with E-state index in [-0.39, 0.29) is 17.4 Å². The van der Waals surface area contributed by atoms with Gasteiger partial charge in [0.15, 0.2) is 0 Å².